The summed E-state index contributed by atoms with van der Waals surface area (Å²) in [6, 6.07) is 10.5. The summed E-state index contributed by atoms with van der Waals surface area (Å²) in [5.74, 6) is 0.115. The first kappa shape index (κ1) is 15.3. The molecular formula is C17H25N3O2. The van der Waals surface area contributed by atoms with Crippen molar-refractivity contribution >= 4 is 11.6 Å². The Balaban J connectivity index is 1.37. The van der Waals surface area contributed by atoms with E-state index in [1.807, 2.05) is 6.07 Å². The van der Waals surface area contributed by atoms with Gasteiger partial charge in [-0.25, -0.2) is 0 Å². The predicted molar refractivity (Wildman–Crippen MR) is 87.1 cm³/mol. The summed E-state index contributed by atoms with van der Waals surface area (Å²) in [7, 11) is 0. The lowest BCUT2D eigenvalue weighted by Gasteiger charge is -2.35. The van der Waals surface area contributed by atoms with Gasteiger partial charge in [-0.1, -0.05) is 18.2 Å². The molecule has 1 aromatic carbocycles. The summed E-state index contributed by atoms with van der Waals surface area (Å²) in [6.45, 7) is 5.80. The number of benzene rings is 1. The number of piperazine rings is 1. The van der Waals surface area contributed by atoms with Crippen LogP contribution in [0.2, 0.25) is 0 Å². The van der Waals surface area contributed by atoms with Gasteiger partial charge in [-0.2, -0.15) is 0 Å². The molecule has 1 atom stereocenters. The molecule has 5 heteroatoms. The van der Waals surface area contributed by atoms with Crippen molar-refractivity contribution in [2.24, 2.45) is 0 Å². The molecule has 0 radical (unpaired) electrons. The monoisotopic (exact) mass is 303 g/mol. The van der Waals surface area contributed by atoms with Crippen LogP contribution in [-0.4, -0.2) is 62.8 Å². The molecule has 1 amide bonds. The second-order valence-corrected chi connectivity index (χ2v) is 6.04. The van der Waals surface area contributed by atoms with Crippen LogP contribution in [0.15, 0.2) is 30.3 Å². The summed E-state index contributed by atoms with van der Waals surface area (Å²) in [4.78, 5) is 16.6. The number of hydrogen-bond acceptors (Lipinski definition) is 4. The molecule has 0 unspecified atom stereocenters. The molecule has 0 aromatic heterocycles. The third-order valence-corrected chi connectivity index (χ3v) is 4.41. The highest BCUT2D eigenvalue weighted by Crippen LogP contribution is 2.15. The highest BCUT2D eigenvalue weighted by molar-refractivity contribution is 5.78. The number of anilines is 1. The smallest absolute Gasteiger partial charge is 0.234 e. The van der Waals surface area contributed by atoms with Gasteiger partial charge in [-0.3, -0.25) is 9.69 Å². The van der Waals surface area contributed by atoms with Crippen molar-refractivity contribution in [3.63, 3.8) is 0 Å². The van der Waals surface area contributed by atoms with Gasteiger partial charge in [0.15, 0.2) is 0 Å². The van der Waals surface area contributed by atoms with Crippen LogP contribution in [0.3, 0.4) is 0 Å². The van der Waals surface area contributed by atoms with Crippen LogP contribution >= 0.6 is 0 Å². The fraction of sp³-hybridized carbons (Fsp3) is 0.588. The molecule has 2 saturated heterocycles. The molecule has 0 aliphatic carbocycles. The number of para-hydroxylation sites is 1. The van der Waals surface area contributed by atoms with Gasteiger partial charge in [0.05, 0.1) is 12.6 Å². The van der Waals surface area contributed by atoms with Crippen LogP contribution in [0.5, 0.6) is 0 Å². The topological polar surface area (TPSA) is 44.8 Å². The van der Waals surface area contributed by atoms with Crippen LogP contribution in [0.1, 0.15) is 12.8 Å². The first-order chi connectivity index (χ1) is 10.8. The second-order valence-electron chi connectivity index (χ2n) is 6.04. The van der Waals surface area contributed by atoms with E-state index in [2.05, 4.69) is 39.4 Å². The normalized spacial score (nSPS) is 22.7. The zero-order chi connectivity index (χ0) is 15.2. The molecule has 0 bridgehead atoms. The largest absolute Gasteiger partial charge is 0.376 e. The van der Waals surface area contributed by atoms with Crippen molar-refractivity contribution in [1.82, 2.24) is 10.2 Å². The van der Waals surface area contributed by atoms with Crippen molar-refractivity contribution in [1.29, 1.82) is 0 Å². The van der Waals surface area contributed by atoms with Gasteiger partial charge in [-0.15, -0.1) is 0 Å². The van der Waals surface area contributed by atoms with E-state index in [-0.39, 0.29) is 12.0 Å². The van der Waals surface area contributed by atoms with E-state index in [0.29, 0.717) is 13.1 Å². The van der Waals surface area contributed by atoms with Crippen LogP contribution in [-0.2, 0) is 9.53 Å². The maximum absolute atomic E-state index is 12.0. The number of carbonyl (C=O) groups excluding carboxylic acids is 1. The van der Waals surface area contributed by atoms with E-state index >= 15 is 0 Å². The minimum atomic E-state index is 0.115. The highest BCUT2D eigenvalue weighted by Gasteiger charge is 2.20. The lowest BCUT2D eigenvalue weighted by Crippen LogP contribution is -2.50. The maximum atomic E-state index is 12.0. The van der Waals surface area contributed by atoms with Gasteiger partial charge in [0.25, 0.3) is 0 Å². The van der Waals surface area contributed by atoms with E-state index in [1.54, 1.807) is 0 Å². The molecule has 0 saturated carbocycles. The molecule has 22 heavy (non-hydrogen) atoms. The Morgan fingerprint density at radius 3 is 2.64 bits per heavy atom. The molecule has 120 valence electrons. The average Bonchev–Trinajstić information content (AvgIpc) is 3.08. The third kappa shape index (κ3) is 4.21. The quantitative estimate of drug-likeness (QED) is 0.885. The van der Waals surface area contributed by atoms with Crippen LogP contribution in [0.4, 0.5) is 5.69 Å². The summed E-state index contributed by atoms with van der Waals surface area (Å²) in [5, 5.41) is 3.00. The number of amides is 1. The van der Waals surface area contributed by atoms with Gasteiger partial charge in [0.2, 0.25) is 5.91 Å². The van der Waals surface area contributed by atoms with Crippen LogP contribution < -0.4 is 10.2 Å². The lowest BCUT2D eigenvalue weighted by atomic mass is 10.2. The molecule has 0 spiro atoms. The summed E-state index contributed by atoms with van der Waals surface area (Å²) < 4.78 is 5.52. The SMILES string of the molecule is O=C(CN1CCN(c2ccccc2)CC1)NC[C@H]1CCCO1. The van der Waals surface area contributed by atoms with E-state index in [9.17, 15) is 4.79 Å². The number of hydrogen-bond donors (Lipinski definition) is 1. The van der Waals surface area contributed by atoms with Gasteiger partial charge >= 0.3 is 0 Å². The minimum Gasteiger partial charge on any atom is -0.376 e. The first-order valence-electron chi connectivity index (χ1n) is 8.22. The average molecular weight is 303 g/mol. The fourth-order valence-electron chi connectivity index (χ4n) is 3.09. The van der Waals surface area contributed by atoms with Gasteiger partial charge < -0.3 is 15.0 Å². The first-order valence-corrected chi connectivity index (χ1v) is 8.22. The molecule has 2 aliphatic rings. The van der Waals surface area contributed by atoms with E-state index < -0.39 is 0 Å². The van der Waals surface area contributed by atoms with E-state index in [4.69, 9.17) is 4.74 Å². The number of carbonyl (C=O) groups is 1. The number of nitrogens with zero attached hydrogens (tertiary/aromatic N) is 2. The summed E-state index contributed by atoms with van der Waals surface area (Å²) in [5.41, 5.74) is 1.27. The molecule has 1 aromatic rings. The van der Waals surface area contributed by atoms with Crippen LogP contribution in [0.25, 0.3) is 0 Å². The fourth-order valence-corrected chi connectivity index (χ4v) is 3.09. The minimum absolute atomic E-state index is 0.115. The van der Waals surface area contributed by atoms with Gasteiger partial charge in [0, 0.05) is 45.0 Å². The van der Waals surface area contributed by atoms with Crippen molar-refractivity contribution in [2.45, 2.75) is 18.9 Å². The van der Waals surface area contributed by atoms with Crippen molar-refractivity contribution < 1.29 is 9.53 Å². The predicted octanol–water partition coefficient (Wildman–Crippen LogP) is 1.10. The number of rotatable bonds is 5. The van der Waals surface area contributed by atoms with Gasteiger partial charge in [0.1, 0.15) is 0 Å². The third-order valence-electron chi connectivity index (χ3n) is 4.41. The highest BCUT2D eigenvalue weighted by atomic mass is 16.5. The zero-order valence-corrected chi connectivity index (χ0v) is 13.0. The van der Waals surface area contributed by atoms with Crippen molar-refractivity contribution in [3.8, 4) is 0 Å². The molecule has 5 nitrogen and oxygen atoms in total. The lowest BCUT2D eigenvalue weighted by molar-refractivity contribution is -0.122. The molecule has 1 N–H and O–H groups in total. The molecule has 2 aliphatic heterocycles. The maximum Gasteiger partial charge on any atom is 0.234 e. The Bertz CT molecular complexity index is 466. The second kappa shape index (κ2) is 7.61. The number of ether oxygens (including phenoxy) is 1. The number of nitrogens with one attached hydrogen (secondary N) is 1. The summed E-state index contributed by atoms with van der Waals surface area (Å²) in [6.07, 6.45) is 2.40. The Morgan fingerprint density at radius 2 is 1.95 bits per heavy atom. The Labute approximate surface area is 132 Å². The van der Waals surface area contributed by atoms with E-state index in [0.717, 1.165) is 45.6 Å². The Hall–Kier alpha value is -1.59. The Kier molecular flexibility index (Phi) is 5.29. The summed E-state index contributed by atoms with van der Waals surface area (Å²) >= 11 is 0. The molecule has 2 fully saturated rings. The van der Waals surface area contributed by atoms with Gasteiger partial charge in [-0.05, 0) is 25.0 Å². The standard InChI is InChI=1S/C17H25N3O2/c21-17(18-13-16-7-4-12-22-16)14-19-8-10-20(11-9-19)15-5-2-1-3-6-15/h1-3,5-6,16H,4,7-14H2,(H,18,21)/t16-/m1/s1. The Morgan fingerprint density at radius 1 is 1.18 bits per heavy atom. The van der Waals surface area contributed by atoms with E-state index in [1.165, 1.54) is 5.69 Å². The van der Waals surface area contributed by atoms with Crippen LogP contribution in [0, 0.1) is 0 Å². The zero-order valence-electron chi connectivity index (χ0n) is 13.0. The molecular weight excluding hydrogens is 278 g/mol. The molecule has 2 heterocycles. The van der Waals surface area contributed by atoms with Crippen molar-refractivity contribution in [2.75, 3.05) is 50.8 Å². The van der Waals surface area contributed by atoms with Crippen molar-refractivity contribution in [3.05, 3.63) is 30.3 Å². The molecule has 3 rings (SSSR count).